The van der Waals surface area contributed by atoms with E-state index in [9.17, 15) is 14.7 Å². The number of ether oxygens (including phenoxy) is 1. The normalized spacial score (nSPS) is 9.89. The molecular weight excluding hydrogens is 266 g/mol. The Morgan fingerprint density at radius 2 is 2.11 bits per heavy atom. The van der Waals surface area contributed by atoms with E-state index < -0.39 is 12.6 Å². The molecule has 0 atom stereocenters. The van der Waals surface area contributed by atoms with Crippen LogP contribution in [0.5, 0.6) is 5.75 Å². The molecule has 2 rings (SSSR count). The molecule has 0 bridgehead atoms. The van der Waals surface area contributed by atoms with E-state index in [2.05, 4.69) is 5.32 Å². The first-order valence-electron chi connectivity index (χ1n) is 5.43. The Labute approximate surface area is 113 Å². The number of amides is 1. The van der Waals surface area contributed by atoms with Crippen LogP contribution in [0.15, 0.2) is 41.8 Å². The van der Waals surface area contributed by atoms with Crippen molar-refractivity contribution in [3.8, 4) is 5.75 Å². The van der Waals surface area contributed by atoms with Gasteiger partial charge in [-0.3, -0.25) is 4.79 Å². The number of nitrogens with one attached hydrogen (secondary N) is 1. The van der Waals surface area contributed by atoms with Gasteiger partial charge in [0.2, 0.25) is 0 Å². The summed E-state index contributed by atoms with van der Waals surface area (Å²) in [5.74, 6) is -1.16. The van der Waals surface area contributed by atoms with Crippen molar-refractivity contribution in [1.82, 2.24) is 0 Å². The standard InChI is InChI=1S/C13H11NO4S/c15-12(16)8-18-10-4-1-3-9(7-10)14-13(17)11-5-2-6-19-11/h1-7H,8H2,(H,14,17)(H,15,16)/p-1. The van der Waals surface area contributed by atoms with E-state index >= 15 is 0 Å². The molecule has 1 amide bonds. The van der Waals surface area contributed by atoms with E-state index in [4.69, 9.17) is 4.74 Å². The number of aliphatic carboxylic acids is 1. The molecule has 0 unspecified atom stereocenters. The number of hydrogen-bond acceptors (Lipinski definition) is 5. The Bertz CT molecular complexity index is 580. The zero-order valence-corrected chi connectivity index (χ0v) is 10.6. The van der Waals surface area contributed by atoms with Crippen LogP contribution in [-0.2, 0) is 4.79 Å². The fourth-order valence-electron chi connectivity index (χ4n) is 1.41. The summed E-state index contributed by atoms with van der Waals surface area (Å²) >= 11 is 1.34. The van der Waals surface area contributed by atoms with Crippen molar-refractivity contribution in [1.29, 1.82) is 0 Å². The monoisotopic (exact) mass is 276 g/mol. The van der Waals surface area contributed by atoms with Gasteiger partial charge >= 0.3 is 0 Å². The summed E-state index contributed by atoms with van der Waals surface area (Å²) in [4.78, 5) is 22.7. The number of rotatable bonds is 5. The molecule has 5 nitrogen and oxygen atoms in total. The van der Waals surface area contributed by atoms with Gasteiger partial charge in [0.25, 0.3) is 5.91 Å². The van der Waals surface area contributed by atoms with E-state index in [1.807, 2.05) is 5.38 Å². The molecule has 2 aromatic rings. The van der Waals surface area contributed by atoms with Crippen molar-refractivity contribution in [3.05, 3.63) is 46.7 Å². The molecule has 0 fully saturated rings. The highest BCUT2D eigenvalue weighted by Crippen LogP contribution is 2.19. The summed E-state index contributed by atoms with van der Waals surface area (Å²) in [7, 11) is 0. The van der Waals surface area contributed by atoms with Crippen LogP contribution in [0.2, 0.25) is 0 Å². The second-order valence-corrected chi connectivity index (χ2v) is 4.57. The first kappa shape index (κ1) is 13.1. The Morgan fingerprint density at radius 1 is 1.26 bits per heavy atom. The minimum Gasteiger partial charge on any atom is -0.546 e. The number of hydrogen-bond donors (Lipinski definition) is 1. The predicted octanol–water partition coefficient (Wildman–Crippen LogP) is 1.13. The van der Waals surface area contributed by atoms with Gasteiger partial charge in [-0.15, -0.1) is 11.3 Å². The van der Waals surface area contributed by atoms with Crippen molar-refractivity contribution in [3.63, 3.8) is 0 Å². The van der Waals surface area contributed by atoms with E-state index in [0.717, 1.165) is 0 Å². The SMILES string of the molecule is O=C([O-])COc1cccc(NC(=O)c2cccs2)c1. The maximum Gasteiger partial charge on any atom is 0.265 e. The highest BCUT2D eigenvalue weighted by Gasteiger charge is 2.07. The van der Waals surface area contributed by atoms with Gasteiger partial charge in [-0.2, -0.15) is 0 Å². The highest BCUT2D eigenvalue weighted by atomic mass is 32.1. The smallest absolute Gasteiger partial charge is 0.265 e. The van der Waals surface area contributed by atoms with Crippen molar-refractivity contribution >= 4 is 28.9 Å². The van der Waals surface area contributed by atoms with Gasteiger partial charge in [0.1, 0.15) is 12.4 Å². The van der Waals surface area contributed by atoms with Crippen molar-refractivity contribution in [2.45, 2.75) is 0 Å². The highest BCUT2D eigenvalue weighted by molar-refractivity contribution is 7.12. The van der Waals surface area contributed by atoms with Crippen LogP contribution in [-0.4, -0.2) is 18.5 Å². The van der Waals surface area contributed by atoms with Crippen molar-refractivity contribution < 1.29 is 19.4 Å². The number of anilines is 1. The van der Waals surface area contributed by atoms with Gasteiger partial charge < -0.3 is 20.0 Å². The molecule has 1 aromatic carbocycles. The first-order chi connectivity index (χ1) is 9.15. The minimum atomic E-state index is -1.30. The van der Waals surface area contributed by atoms with Crippen LogP contribution in [0.3, 0.4) is 0 Å². The van der Waals surface area contributed by atoms with Crippen LogP contribution in [0.4, 0.5) is 5.69 Å². The van der Waals surface area contributed by atoms with E-state index in [-0.39, 0.29) is 5.91 Å². The Balaban J connectivity index is 2.02. The zero-order valence-electron chi connectivity index (χ0n) is 9.79. The van der Waals surface area contributed by atoms with Crippen LogP contribution < -0.4 is 15.2 Å². The molecule has 0 aliphatic heterocycles. The average molecular weight is 276 g/mol. The molecule has 1 aromatic heterocycles. The van der Waals surface area contributed by atoms with Gasteiger partial charge in [-0.25, -0.2) is 0 Å². The van der Waals surface area contributed by atoms with Crippen LogP contribution in [0.1, 0.15) is 9.67 Å². The summed E-state index contributed by atoms with van der Waals surface area (Å²) in [5.41, 5.74) is 0.536. The number of benzene rings is 1. The lowest BCUT2D eigenvalue weighted by Crippen LogP contribution is -2.28. The second-order valence-electron chi connectivity index (χ2n) is 3.62. The summed E-state index contributed by atoms with van der Waals surface area (Å²) in [6.45, 7) is -0.525. The number of thiophene rings is 1. The topological polar surface area (TPSA) is 78.5 Å². The lowest BCUT2D eigenvalue weighted by molar-refractivity contribution is -0.307. The van der Waals surface area contributed by atoms with Crippen molar-refractivity contribution in [2.75, 3.05) is 11.9 Å². The molecule has 0 radical (unpaired) electrons. The number of carbonyl (C=O) groups excluding carboxylic acids is 2. The molecule has 0 aliphatic carbocycles. The molecule has 0 spiro atoms. The first-order valence-corrected chi connectivity index (χ1v) is 6.30. The summed E-state index contributed by atoms with van der Waals surface area (Å²) in [6, 6.07) is 10.0. The summed E-state index contributed by atoms with van der Waals surface area (Å²) in [5, 5.41) is 14.8. The fraction of sp³-hybridized carbons (Fsp3) is 0.0769. The molecule has 6 heteroatoms. The van der Waals surface area contributed by atoms with Crippen LogP contribution >= 0.6 is 11.3 Å². The van der Waals surface area contributed by atoms with Crippen LogP contribution in [0.25, 0.3) is 0 Å². The number of carboxylic acids is 1. The Morgan fingerprint density at radius 3 is 2.79 bits per heavy atom. The van der Waals surface area contributed by atoms with Gasteiger partial charge in [-0.05, 0) is 23.6 Å². The molecule has 98 valence electrons. The summed E-state index contributed by atoms with van der Waals surface area (Å²) in [6.07, 6.45) is 0. The maximum absolute atomic E-state index is 11.8. The second kappa shape index (κ2) is 6.01. The maximum atomic E-state index is 11.8. The van der Waals surface area contributed by atoms with Crippen LogP contribution in [0, 0.1) is 0 Å². The lowest BCUT2D eigenvalue weighted by Gasteiger charge is -2.09. The quantitative estimate of drug-likeness (QED) is 0.888. The van der Waals surface area contributed by atoms with Gasteiger partial charge in [0.05, 0.1) is 10.8 Å². The molecule has 0 saturated carbocycles. The van der Waals surface area contributed by atoms with Gasteiger partial charge in [0, 0.05) is 11.8 Å². The fourth-order valence-corrected chi connectivity index (χ4v) is 2.03. The largest absolute Gasteiger partial charge is 0.546 e. The third kappa shape index (κ3) is 3.82. The minimum absolute atomic E-state index is 0.216. The van der Waals surface area contributed by atoms with Crippen molar-refractivity contribution in [2.24, 2.45) is 0 Å². The molecule has 1 heterocycles. The van der Waals surface area contributed by atoms with Gasteiger partial charge in [0.15, 0.2) is 0 Å². The van der Waals surface area contributed by atoms with E-state index in [0.29, 0.717) is 16.3 Å². The predicted molar refractivity (Wildman–Crippen MR) is 69.2 cm³/mol. The lowest BCUT2D eigenvalue weighted by atomic mass is 10.3. The molecular formula is C13H10NO4S-. The molecule has 19 heavy (non-hydrogen) atoms. The molecule has 1 N–H and O–H groups in total. The zero-order chi connectivity index (χ0) is 13.7. The van der Waals surface area contributed by atoms with Gasteiger partial charge in [-0.1, -0.05) is 12.1 Å². The van der Waals surface area contributed by atoms with E-state index in [1.165, 1.54) is 11.3 Å². The molecule has 0 saturated heterocycles. The summed E-state index contributed by atoms with van der Waals surface area (Å²) < 4.78 is 4.97. The third-order valence-corrected chi connectivity index (χ3v) is 3.06. The number of carbonyl (C=O) groups is 2. The molecule has 0 aliphatic rings. The number of carboxylic acid groups (broad SMARTS) is 1. The third-order valence-electron chi connectivity index (χ3n) is 2.19. The average Bonchev–Trinajstić information content (AvgIpc) is 2.91. The Kier molecular flexibility index (Phi) is 4.15. The van der Waals surface area contributed by atoms with E-state index in [1.54, 1.807) is 36.4 Å². The Hall–Kier alpha value is -2.34.